The van der Waals surface area contributed by atoms with E-state index in [0.717, 1.165) is 0 Å². The number of nitrogens with zero attached hydrogens (tertiary/aromatic N) is 3. The second kappa shape index (κ2) is 6.75. The van der Waals surface area contributed by atoms with Crippen LogP contribution in [-0.4, -0.2) is 52.8 Å². The molecule has 0 aromatic carbocycles. The maximum Gasteiger partial charge on any atom is 0.257 e. The summed E-state index contributed by atoms with van der Waals surface area (Å²) in [6.07, 6.45) is 1.55. The summed E-state index contributed by atoms with van der Waals surface area (Å²) < 4.78 is 0.712. The van der Waals surface area contributed by atoms with E-state index in [1.807, 2.05) is 13.8 Å². The molecule has 21 heavy (non-hydrogen) atoms. The Balaban J connectivity index is 2.03. The highest BCUT2D eigenvalue weighted by molar-refractivity contribution is 9.10. The number of halogens is 2. The van der Waals surface area contributed by atoms with Crippen molar-refractivity contribution in [2.45, 2.75) is 13.8 Å². The van der Waals surface area contributed by atoms with Gasteiger partial charge in [0.1, 0.15) is 5.15 Å². The molecule has 1 saturated heterocycles. The van der Waals surface area contributed by atoms with Gasteiger partial charge in [-0.05, 0) is 22.0 Å². The molecule has 1 aliphatic heterocycles. The van der Waals surface area contributed by atoms with Crippen molar-refractivity contribution >= 4 is 39.3 Å². The molecule has 0 radical (unpaired) electrons. The van der Waals surface area contributed by atoms with Crippen molar-refractivity contribution in [2.24, 2.45) is 5.92 Å². The van der Waals surface area contributed by atoms with Crippen LogP contribution in [0, 0.1) is 5.92 Å². The first-order valence-corrected chi connectivity index (χ1v) is 7.96. The maximum atomic E-state index is 12.5. The first-order chi connectivity index (χ1) is 9.90. The molecule has 1 aromatic heterocycles. The van der Waals surface area contributed by atoms with Crippen molar-refractivity contribution in [2.75, 3.05) is 26.2 Å². The lowest BCUT2D eigenvalue weighted by Gasteiger charge is -2.35. The van der Waals surface area contributed by atoms with Gasteiger partial charge in [0.25, 0.3) is 5.91 Å². The van der Waals surface area contributed by atoms with Crippen LogP contribution in [-0.2, 0) is 4.79 Å². The van der Waals surface area contributed by atoms with Crippen molar-refractivity contribution in [3.8, 4) is 0 Å². The van der Waals surface area contributed by atoms with Crippen LogP contribution in [0.1, 0.15) is 24.2 Å². The SMILES string of the molecule is CC(C)C(=O)N1CCN(C(=O)c2cc(Br)cnc2Cl)CC1. The zero-order valence-electron chi connectivity index (χ0n) is 12.0. The summed E-state index contributed by atoms with van der Waals surface area (Å²) in [6, 6.07) is 1.67. The molecule has 1 aromatic rings. The summed E-state index contributed by atoms with van der Waals surface area (Å²) in [7, 11) is 0. The first-order valence-electron chi connectivity index (χ1n) is 6.79. The predicted octanol–water partition coefficient (Wildman–Crippen LogP) is 2.44. The van der Waals surface area contributed by atoms with E-state index in [4.69, 9.17) is 11.6 Å². The van der Waals surface area contributed by atoms with E-state index in [-0.39, 0.29) is 22.9 Å². The van der Waals surface area contributed by atoms with Gasteiger partial charge in [-0.3, -0.25) is 9.59 Å². The van der Waals surface area contributed by atoms with Gasteiger partial charge in [0.05, 0.1) is 5.56 Å². The summed E-state index contributed by atoms with van der Waals surface area (Å²) in [5.74, 6) is -0.0364. The number of hydrogen-bond donors (Lipinski definition) is 0. The van der Waals surface area contributed by atoms with Crippen molar-refractivity contribution in [1.29, 1.82) is 0 Å². The summed E-state index contributed by atoms with van der Waals surface area (Å²) >= 11 is 9.28. The van der Waals surface area contributed by atoms with E-state index in [1.54, 1.807) is 22.1 Å². The van der Waals surface area contributed by atoms with Crippen LogP contribution >= 0.6 is 27.5 Å². The number of carbonyl (C=O) groups is 2. The van der Waals surface area contributed by atoms with Crippen molar-refractivity contribution in [3.63, 3.8) is 0 Å². The number of rotatable bonds is 2. The van der Waals surface area contributed by atoms with Gasteiger partial charge in [-0.2, -0.15) is 0 Å². The molecular weight excluding hydrogens is 358 g/mol. The molecule has 2 heterocycles. The average Bonchev–Trinajstić information content (AvgIpc) is 2.48. The Labute approximate surface area is 137 Å². The number of pyridine rings is 1. The molecule has 1 fully saturated rings. The van der Waals surface area contributed by atoms with Crippen LogP contribution in [0.15, 0.2) is 16.7 Å². The standard InChI is InChI=1S/C14H17BrClN3O2/c1-9(2)13(20)18-3-5-19(6-4-18)14(21)11-7-10(15)8-17-12(11)16/h7-9H,3-6H2,1-2H3. The summed E-state index contributed by atoms with van der Waals surface area (Å²) in [6.45, 7) is 5.91. The van der Waals surface area contributed by atoms with Gasteiger partial charge < -0.3 is 9.80 Å². The number of aromatic nitrogens is 1. The predicted molar refractivity (Wildman–Crippen MR) is 84.3 cm³/mol. The number of hydrogen-bond acceptors (Lipinski definition) is 3. The highest BCUT2D eigenvalue weighted by atomic mass is 79.9. The number of carbonyl (C=O) groups excluding carboxylic acids is 2. The molecule has 0 saturated carbocycles. The van der Waals surface area contributed by atoms with Crippen molar-refractivity contribution in [1.82, 2.24) is 14.8 Å². The van der Waals surface area contributed by atoms with E-state index in [2.05, 4.69) is 20.9 Å². The van der Waals surface area contributed by atoms with E-state index in [0.29, 0.717) is 36.2 Å². The zero-order chi connectivity index (χ0) is 15.6. The summed E-state index contributed by atoms with van der Waals surface area (Å²) in [5, 5.41) is 0.198. The molecule has 0 N–H and O–H groups in total. The van der Waals surface area contributed by atoms with Gasteiger partial charge in [0, 0.05) is 42.8 Å². The van der Waals surface area contributed by atoms with Crippen LogP contribution < -0.4 is 0 Å². The van der Waals surface area contributed by atoms with Crippen LogP contribution in [0.25, 0.3) is 0 Å². The highest BCUT2D eigenvalue weighted by Crippen LogP contribution is 2.20. The lowest BCUT2D eigenvalue weighted by atomic mass is 10.1. The monoisotopic (exact) mass is 373 g/mol. The Morgan fingerprint density at radius 1 is 1.24 bits per heavy atom. The number of amides is 2. The maximum absolute atomic E-state index is 12.5. The van der Waals surface area contributed by atoms with Gasteiger partial charge in [0.2, 0.25) is 5.91 Å². The molecule has 2 amide bonds. The Hall–Kier alpha value is -1.14. The molecule has 0 unspecified atom stereocenters. The van der Waals surface area contributed by atoms with E-state index in [9.17, 15) is 9.59 Å². The van der Waals surface area contributed by atoms with Crippen molar-refractivity contribution in [3.05, 3.63) is 27.5 Å². The van der Waals surface area contributed by atoms with Crippen molar-refractivity contribution < 1.29 is 9.59 Å². The van der Waals surface area contributed by atoms with Gasteiger partial charge in [-0.1, -0.05) is 25.4 Å². The fourth-order valence-electron chi connectivity index (χ4n) is 2.24. The molecule has 7 heteroatoms. The highest BCUT2D eigenvalue weighted by Gasteiger charge is 2.27. The van der Waals surface area contributed by atoms with Gasteiger partial charge in [-0.25, -0.2) is 4.98 Å². The molecule has 114 valence electrons. The Bertz CT molecular complexity index is 557. The summed E-state index contributed by atoms with van der Waals surface area (Å²) in [5.41, 5.74) is 0.384. The lowest BCUT2D eigenvalue weighted by Crippen LogP contribution is -2.51. The first kappa shape index (κ1) is 16.2. The zero-order valence-corrected chi connectivity index (χ0v) is 14.3. The molecule has 0 spiro atoms. The second-order valence-corrected chi connectivity index (χ2v) is 6.54. The smallest absolute Gasteiger partial charge is 0.257 e. The molecule has 1 aliphatic rings. The van der Waals surface area contributed by atoms with Crippen LogP contribution in [0.3, 0.4) is 0 Å². The van der Waals surface area contributed by atoms with Crippen LogP contribution in [0.5, 0.6) is 0 Å². The lowest BCUT2D eigenvalue weighted by molar-refractivity contribution is -0.135. The molecule has 0 bridgehead atoms. The minimum absolute atomic E-state index is 0.0176. The molecule has 2 rings (SSSR count). The quantitative estimate of drug-likeness (QED) is 0.747. The molecular formula is C14H17BrClN3O2. The van der Waals surface area contributed by atoms with Gasteiger partial charge >= 0.3 is 0 Å². The Morgan fingerprint density at radius 2 is 1.81 bits per heavy atom. The minimum atomic E-state index is -0.148. The fourth-order valence-corrected chi connectivity index (χ4v) is 2.75. The molecule has 0 aliphatic carbocycles. The fraction of sp³-hybridized carbons (Fsp3) is 0.500. The molecule has 0 atom stereocenters. The Kier molecular flexibility index (Phi) is 5.22. The third-order valence-corrected chi connectivity index (χ3v) is 4.14. The van der Waals surface area contributed by atoms with E-state index in [1.165, 1.54) is 0 Å². The normalized spacial score (nSPS) is 15.5. The van der Waals surface area contributed by atoms with Crippen LogP contribution in [0.2, 0.25) is 5.15 Å². The minimum Gasteiger partial charge on any atom is -0.339 e. The second-order valence-electron chi connectivity index (χ2n) is 5.26. The third kappa shape index (κ3) is 3.74. The van der Waals surface area contributed by atoms with Gasteiger partial charge in [0.15, 0.2) is 0 Å². The third-order valence-electron chi connectivity index (χ3n) is 3.41. The molecule has 5 nitrogen and oxygen atoms in total. The Morgan fingerprint density at radius 3 is 2.38 bits per heavy atom. The topological polar surface area (TPSA) is 53.5 Å². The van der Waals surface area contributed by atoms with E-state index < -0.39 is 0 Å². The van der Waals surface area contributed by atoms with Crippen LogP contribution in [0.4, 0.5) is 0 Å². The average molecular weight is 375 g/mol. The number of piperazine rings is 1. The largest absolute Gasteiger partial charge is 0.339 e. The van der Waals surface area contributed by atoms with E-state index >= 15 is 0 Å². The summed E-state index contributed by atoms with van der Waals surface area (Å²) in [4.78, 5) is 31.9. The van der Waals surface area contributed by atoms with Gasteiger partial charge in [-0.15, -0.1) is 0 Å².